The first-order valence-electron chi connectivity index (χ1n) is 8.99. The molecule has 0 aliphatic carbocycles. The van der Waals surface area contributed by atoms with Crippen LogP contribution in [0.5, 0.6) is 0 Å². The molecule has 0 spiro atoms. The molecule has 1 atom stereocenters. The van der Waals surface area contributed by atoms with E-state index >= 15 is 0 Å². The van der Waals surface area contributed by atoms with E-state index in [1.807, 2.05) is 0 Å². The Morgan fingerprint density at radius 1 is 0.636 bits per heavy atom. The molecule has 0 aliphatic rings. The summed E-state index contributed by atoms with van der Waals surface area (Å²) < 4.78 is 0. The molecule has 135 valence electrons. The monoisotopic (exact) mass is 373 g/mol. The van der Waals surface area contributed by atoms with Crippen LogP contribution in [0.4, 0.5) is 0 Å². The number of aliphatic carboxylic acids is 1. The van der Waals surface area contributed by atoms with Gasteiger partial charge in [0, 0.05) is 23.5 Å². The third kappa shape index (κ3) is 25.4. The van der Waals surface area contributed by atoms with Crippen LogP contribution in [-0.4, -0.2) is 11.1 Å². The van der Waals surface area contributed by atoms with Gasteiger partial charge in [0.1, 0.15) is 0 Å². The summed E-state index contributed by atoms with van der Waals surface area (Å²) in [4.78, 5) is 10.3. The summed E-state index contributed by atoms with van der Waals surface area (Å²) in [5.74, 6) is -0.653. The molecule has 0 aliphatic heterocycles. The van der Waals surface area contributed by atoms with Crippen molar-refractivity contribution in [3.8, 4) is 0 Å². The standard InChI is InChI=1S/C18H36O2.Mn.H3P/c1-2-3-4-5-6-7-8-9-10-11-12-13-14-15-16-17-18(19)20;;/h2-17H2,1H3,(H,19,20);;1H3. The minimum absolute atomic E-state index is 0. The largest absolute Gasteiger partial charge is 0.481 e. The number of rotatable bonds is 16. The van der Waals surface area contributed by atoms with E-state index in [0.717, 1.165) is 12.8 Å². The minimum atomic E-state index is -0.653. The predicted octanol–water partition coefficient (Wildman–Crippen LogP) is 6.39. The molecule has 22 heavy (non-hydrogen) atoms. The number of carboxylic acids is 1. The Morgan fingerprint density at radius 3 is 1.18 bits per heavy atom. The van der Waals surface area contributed by atoms with E-state index in [1.54, 1.807) is 0 Å². The Labute approximate surface area is 152 Å². The molecule has 1 unspecified atom stereocenters. The van der Waals surface area contributed by atoms with Gasteiger partial charge in [-0.15, -0.1) is 0 Å². The number of hydrogen-bond acceptors (Lipinski definition) is 1. The first kappa shape index (κ1) is 27.3. The number of carbonyl (C=O) groups is 1. The van der Waals surface area contributed by atoms with Crippen LogP contribution in [0.3, 0.4) is 0 Å². The van der Waals surface area contributed by atoms with Gasteiger partial charge >= 0.3 is 5.97 Å². The first-order valence-corrected chi connectivity index (χ1v) is 8.99. The quantitative estimate of drug-likeness (QED) is 0.193. The van der Waals surface area contributed by atoms with Crippen LogP contribution in [0.25, 0.3) is 0 Å². The van der Waals surface area contributed by atoms with Crippen molar-refractivity contribution in [3.63, 3.8) is 0 Å². The molecule has 0 heterocycles. The maximum atomic E-state index is 10.3. The van der Waals surface area contributed by atoms with Crippen LogP contribution in [0.2, 0.25) is 0 Å². The summed E-state index contributed by atoms with van der Waals surface area (Å²) in [6, 6.07) is 0. The zero-order chi connectivity index (χ0) is 14.9. The molecular formula is C18H39MnO2P. The van der Waals surface area contributed by atoms with Gasteiger partial charge in [0.15, 0.2) is 0 Å². The van der Waals surface area contributed by atoms with Crippen LogP contribution in [0.1, 0.15) is 110 Å². The van der Waals surface area contributed by atoms with Gasteiger partial charge in [-0.2, -0.15) is 9.90 Å². The topological polar surface area (TPSA) is 37.3 Å². The molecule has 0 aromatic carbocycles. The van der Waals surface area contributed by atoms with Crippen molar-refractivity contribution in [3.05, 3.63) is 0 Å². The van der Waals surface area contributed by atoms with E-state index in [-0.39, 0.29) is 27.0 Å². The molecule has 0 saturated carbocycles. The third-order valence-electron chi connectivity index (χ3n) is 3.99. The van der Waals surface area contributed by atoms with Crippen LogP contribution < -0.4 is 0 Å². The molecule has 2 nitrogen and oxygen atoms in total. The molecule has 0 amide bonds. The average Bonchev–Trinajstić information content (AvgIpc) is 2.43. The Bertz CT molecular complexity index is 213. The second-order valence-corrected chi connectivity index (χ2v) is 6.09. The fourth-order valence-electron chi connectivity index (χ4n) is 2.65. The predicted molar refractivity (Wildman–Crippen MR) is 98.3 cm³/mol. The summed E-state index contributed by atoms with van der Waals surface area (Å²) >= 11 is 0. The second-order valence-electron chi connectivity index (χ2n) is 6.09. The van der Waals surface area contributed by atoms with E-state index in [0.29, 0.717) is 6.42 Å². The fraction of sp³-hybridized carbons (Fsp3) is 0.944. The smallest absolute Gasteiger partial charge is 0.303 e. The van der Waals surface area contributed by atoms with Crippen molar-refractivity contribution < 1.29 is 27.0 Å². The third-order valence-corrected chi connectivity index (χ3v) is 3.99. The van der Waals surface area contributed by atoms with Crippen molar-refractivity contribution in [2.75, 3.05) is 0 Å². The second kappa shape index (κ2) is 23.7. The molecule has 0 rings (SSSR count). The van der Waals surface area contributed by atoms with Gasteiger partial charge in [-0.25, -0.2) is 0 Å². The summed E-state index contributed by atoms with van der Waals surface area (Å²) in [5, 5.41) is 8.52. The number of carboxylic acid groups (broad SMARTS) is 1. The SMILES string of the molecule is CCCCCCCCCCCCCCCCCC(=O)O.P.[Mn]. The van der Waals surface area contributed by atoms with Gasteiger partial charge in [0.05, 0.1) is 0 Å². The molecule has 0 fully saturated rings. The Kier molecular flexibility index (Phi) is 29.4. The Balaban J connectivity index is -0.00000180. The van der Waals surface area contributed by atoms with E-state index in [4.69, 9.17) is 5.11 Å². The summed E-state index contributed by atoms with van der Waals surface area (Å²) in [6.07, 6.45) is 20.2. The zero-order valence-corrected chi connectivity index (χ0v) is 17.3. The van der Waals surface area contributed by atoms with Crippen LogP contribution >= 0.6 is 9.90 Å². The normalized spacial score (nSPS) is 9.86. The molecule has 0 bridgehead atoms. The van der Waals surface area contributed by atoms with Gasteiger partial charge in [-0.1, -0.05) is 96.8 Å². The van der Waals surface area contributed by atoms with Crippen LogP contribution in [0, 0.1) is 0 Å². The summed E-state index contributed by atoms with van der Waals surface area (Å²) in [7, 11) is 0. The van der Waals surface area contributed by atoms with Crippen LogP contribution in [-0.2, 0) is 21.9 Å². The fourth-order valence-corrected chi connectivity index (χ4v) is 2.65. The van der Waals surface area contributed by atoms with Gasteiger partial charge in [-0.3, -0.25) is 4.79 Å². The van der Waals surface area contributed by atoms with Crippen LogP contribution in [0.15, 0.2) is 0 Å². The number of hydrogen-bond donors (Lipinski definition) is 1. The van der Waals surface area contributed by atoms with Crippen molar-refractivity contribution >= 4 is 15.9 Å². The molecule has 0 saturated heterocycles. The van der Waals surface area contributed by atoms with Crippen molar-refractivity contribution in [2.45, 2.75) is 110 Å². The van der Waals surface area contributed by atoms with Gasteiger partial charge < -0.3 is 5.11 Å². The van der Waals surface area contributed by atoms with E-state index < -0.39 is 5.97 Å². The average molecular weight is 373 g/mol. The summed E-state index contributed by atoms with van der Waals surface area (Å²) in [5.41, 5.74) is 0. The van der Waals surface area contributed by atoms with Gasteiger partial charge in [-0.05, 0) is 6.42 Å². The van der Waals surface area contributed by atoms with E-state index in [1.165, 1.54) is 83.5 Å². The molecule has 0 aromatic heterocycles. The van der Waals surface area contributed by atoms with Gasteiger partial charge in [0.25, 0.3) is 0 Å². The Morgan fingerprint density at radius 2 is 0.909 bits per heavy atom. The van der Waals surface area contributed by atoms with E-state index in [2.05, 4.69) is 6.92 Å². The summed E-state index contributed by atoms with van der Waals surface area (Å²) in [6.45, 7) is 2.27. The number of unbranched alkanes of at least 4 members (excludes halogenated alkanes) is 14. The minimum Gasteiger partial charge on any atom is -0.481 e. The Hall–Kier alpha value is 0.419. The maximum Gasteiger partial charge on any atom is 0.303 e. The van der Waals surface area contributed by atoms with Crippen molar-refractivity contribution in [1.29, 1.82) is 0 Å². The first-order chi connectivity index (χ1) is 9.77. The molecule has 4 heteroatoms. The van der Waals surface area contributed by atoms with Crippen molar-refractivity contribution in [1.82, 2.24) is 0 Å². The molecular weight excluding hydrogens is 334 g/mol. The van der Waals surface area contributed by atoms with Crippen molar-refractivity contribution in [2.24, 2.45) is 0 Å². The zero-order valence-electron chi connectivity index (χ0n) is 14.8. The van der Waals surface area contributed by atoms with E-state index in [9.17, 15) is 4.79 Å². The molecule has 1 radical (unpaired) electrons. The van der Waals surface area contributed by atoms with Gasteiger partial charge in [0.2, 0.25) is 0 Å². The molecule has 1 N–H and O–H groups in total. The molecule has 0 aromatic rings. The maximum absolute atomic E-state index is 10.3.